The predicted octanol–water partition coefficient (Wildman–Crippen LogP) is 5.80. The van der Waals surface area contributed by atoms with Crippen LogP contribution in [0, 0.1) is 6.92 Å². The summed E-state index contributed by atoms with van der Waals surface area (Å²) in [5.74, 6) is -0.588. The normalized spacial score (nSPS) is 11.1. The molecule has 0 radical (unpaired) electrons. The molecule has 0 saturated heterocycles. The van der Waals surface area contributed by atoms with Gasteiger partial charge in [0.25, 0.3) is 5.91 Å². The predicted molar refractivity (Wildman–Crippen MR) is 117 cm³/mol. The molecule has 3 aromatic carbocycles. The maximum Gasteiger partial charge on any atom is 0.252 e. The minimum absolute atomic E-state index is 0.172. The summed E-state index contributed by atoms with van der Waals surface area (Å²) in [5.41, 5.74) is 6.54. The Kier molecular flexibility index (Phi) is 6.58. The van der Waals surface area contributed by atoms with E-state index in [2.05, 4.69) is 42.4 Å². The molecule has 27 heavy (non-hydrogen) atoms. The standard InChI is InChI=1S/C22H18Br2N2O/c1-15-19(23)12-16(13-20(15)24)14-25-26-22(27)21(17-8-4-2-5-9-17)18-10-6-3-7-11-18/h2-14,21H,1H3,(H,26,27)/b25-14+. The van der Waals surface area contributed by atoms with Gasteiger partial charge in [-0.3, -0.25) is 4.79 Å². The Labute approximate surface area is 175 Å². The highest BCUT2D eigenvalue weighted by atomic mass is 79.9. The second-order valence-corrected chi connectivity index (χ2v) is 7.81. The van der Waals surface area contributed by atoms with Crippen LogP contribution in [0.4, 0.5) is 0 Å². The number of hydrazone groups is 1. The SMILES string of the molecule is Cc1c(Br)cc(/C=N/NC(=O)C(c2ccccc2)c2ccccc2)cc1Br. The second kappa shape index (κ2) is 9.11. The second-order valence-electron chi connectivity index (χ2n) is 6.10. The Bertz CT molecular complexity index is 894. The van der Waals surface area contributed by atoms with E-state index in [0.717, 1.165) is 31.2 Å². The van der Waals surface area contributed by atoms with Crippen LogP contribution >= 0.6 is 31.9 Å². The quantitative estimate of drug-likeness (QED) is 0.360. The van der Waals surface area contributed by atoms with E-state index in [4.69, 9.17) is 0 Å². The van der Waals surface area contributed by atoms with Gasteiger partial charge < -0.3 is 0 Å². The van der Waals surface area contributed by atoms with Crippen molar-refractivity contribution in [3.8, 4) is 0 Å². The maximum atomic E-state index is 12.9. The fourth-order valence-electron chi connectivity index (χ4n) is 2.76. The first kappa shape index (κ1) is 19.5. The molecule has 0 atom stereocenters. The van der Waals surface area contributed by atoms with Crippen molar-refractivity contribution in [3.63, 3.8) is 0 Å². The lowest BCUT2D eigenvalue weighted by molar-refractivity contribution is -0.121. The Hall–Kier alpha value is -2.24. The Morgan fingerprint density at radius 3 is 1.89 bits per heavy atom. The van der Waals surface area contributed by atoms with Crippen molar-refractivity contribution in [2.24, 2.45) is 5.10 Å². The number of halogens is 2. The maximum absolute atomic E-state index is 12.9. The highest BCUT2D eigenvalue weighted by Gasteiger charge is 2.22. The van der Waals surface area contributed by atoms with Crippen molar-refractivity contribution in [2.45, 2.75) is 12.8 Å². The number of hydrogen-bond donors (Lipinski definition) is 1. The van der Waals surface area contributed by atoms with E-state index in [1.165, 1.54) is 0 Å². The zero-order valence-electron chi connectivity index (χ0n) is 14.7. The fourth-order valence-corrected chi connectivity index (χ4v) is 3.98. The Morgan fingerprint density at radius 2 is 1.41 bits per heavy atom. The van der Waals surface area contributed by atoms with Gasteiger partial charge in [0.1, 0.15) is 0 Å². The van der Waals surface area contributed by atoms with Gasteiger partial charge in [0, 0.05) is 8.95 Å². The lowest BCUT2D eigenvalue weighted by Gasteiger charge is -2.16. The lowest BCUT2D eigenvalue weighted by Crippen LogP contribution is -2.26. The minimum atomic E-state index is -0.416. The minimum Gasteiger partial charge on any atom is -0.272 e. The molecule has 1 N–H and O–H groups in total. The largest absolute Gasteiger partial charge is 0.272 e. The summed E-state index contributed by atoms with van der Waals surface area (Å²) in [5, 5.41) is 4.16. The van der Waals surface area contributed by atoms with E-state index in [1.807, 2.05) is 79.7 Å². The highest BCUT2D eigenvalue weighted by Crippen LogP contribution is 2.26. The van der Waals surface area contributed by atoms with Crippen molar-refractivity contribution in [1.82, 2.24) is 5.43 Å². The van der Waals surface area contributed by atoms with Crippen molar-refractivity contribution < 1.29 is 4.79 Å². The fraction of sp³-hybridized carbons (Fsp3) is 0.0909. The third-order valence-corrected chi connectivity index (χ3v) is 5.87. The van der Waals surface area contributed by atoms with E-state index < -0.39 is 5.92 Å². The molecule has 0 unspecified atom stereocenters. The summed E-state index contributed by atoms with van der Waals surface area (Å²) >= 11 is 7.05. The van der Waals surface area contributed by atoms with E-state index in [1.54, 1.807) is 6.21 Å². The average Bonchev–Trinajstić information content (AvgIpc) is 2.68. The van der Waals surface area contributed by atoms with E-state index >= 15 is 0 Å². The molecule has 3 nitrogen and oxygen atoms in total. The van der Waals surface area contributed by atoms with E-state index in [9.17, 15) is 4.79 Å². The number of nitrogens with zero attached hydrogens (tertiary/aromatic N) is 1. The molecule has 5 heteroatoms. The summed E-state index contributed by atoms with van der Waals surface area (Å²) in [6, 6.07) is 23.3. The lowest BCUT2D eigenvalue weighted by atomic mass is 9.91. The first-order valence-corrected chi connectivity index (χ1v) is 10.0. The molecule has 3 rings (SSSR count). The molecule has 0 spiro atoms. The summed E-state index contributed by atoms with van der Waals surface area (Å²) in [4.78, 5) is 12.9. The van der Waals surface area contributed by atoms with Gasteiger partial charge in [0.05, 0.1) is 12.1 Å². The smallest absolute Gasteiger partial charge is 0.252 e. The van der Waals surface area contributed by atoms with Crippen molar-refractivity contribution in [1.29, 1.82) is 0 Å². The monoisotopic (exact) mass is 484 g/mol. The summed E-state index contributed by atoms with van der Waals surface area (Å²) in [7, 11) is 0. The molecular weight excluding hydrogens is 468 g/mol. The van der Waals surface area contributed by atoms with Gasteiger partial charge in [0.15, 0.2) is 0 Å². The van der Waals surface area contributed by atoms with Crippen LogP contribution in [-0.2, 0) is 4.79 Å². The number of nitrogens with one attached hydrogen (secondary N) is 1. The molecule has 0 fully saturated rings. The van der Waals surface area contributed by atoms with Gasteiger partial charge in [-0.15, -0.1) is 0 Å². The van der Waals surface area contributed by atoms with Crippen LogP contribution in [0.2, 0.25) is 0 Å². The Morgan fingerprint density at radius 1 is 0.926 bits per heavy atom. The molecule has 0 bridgehead atoms. The van der Waals surface area contributed by atoms with Crippen LogP contribution < -0.4 is 5.43 Å². The molecule has 0 heterocycles. The Balaban J connectivity index is 1.81. The van der Waals surface area contributed by atoms with Gasteiger partial charge in [-0.05, 0) is 41.3 Å². The number of carbonyl (C=O) groups is 1. The van der Waals surface area contributed by atoms with Crippen molar-refractivity contribution in [3.05, 3.63) is 104 Å². The van der Waals surface area contributed by atoms with Crippen LogP contribution in [0.5, 0.6) is 0 Å². The van der Waals surface area contributed by atoms with Crippen LogP contribution in [-0.4, -0.2) is 12.1 Å². The number of carbonyl (C=O) groups excluding carboxylic acids is 1. The van der Waals surface area contributed by atoms with Crippen LogP contribution in [0.3, 0.4) is 0 Å². The third-order valence-electron chi connectivity index (χ3n) is 4.22. The number of rotatable bonds is 5. The number of amides is 1. The van der Waals surface area contributed by atoms with Gasteiger partial charge in [-0.25, -0.2) is 5.43 Å². The molecule has 0 saturated carbocycles. The average molecular weight is 486 g/mol. The topological polar surface area (TPSA) is 41.5 Å². The van der Waals surface area contributed by atoms with Crippen LogP contribution in [0.25, 0.3) is 0 Å². The highest BCUT2D eigenvalue weighted by molar-refractivity contribution is 9.11. The van der Waals surface area contributed by atoms with Crippen molar-refractivity contribution >= 4 is 44.0 Å². The number of benzene rings is 3. The van der Waals surface area contributed by atoms with Gasteiger partial charge in [-0.2, -0.15) is 5.10 Å². The summed E-state index contributed by atoms with van der Waals surface area (Å²) in [6.45, 7) is 2.02. The molecule has 0 aromatic heterocycles. The zero-order chi connectivity index (χ0) is 19.2. The van der Waals surface area contributed by atoms with Crippen molar-refractivity contribution in [2.75, 3.05) is 0 Å². The molecule has 3 aromatic rings. The third kappa shape index (κ3) is 4.93. The van der Waals surface area contributed by atoms with Gasteiger partial charge in [-0.1, -0.05) is 92.5 Å². The molecule has 0 aliphatic carbocycles. The molecule has 136 valence electrons. The van der Waals surface area contributed by atoms with E-state index in [-0.39, 0.29) is 5.91 Å². The van der Waals surface area contributed by atoms with Crippen LogP contribution in [0.15, 0.2) is 86.8 Å². The van der Waals surface area contributed by atoms with Gasteiger partial charge in [0.2, 0.25) is 0 Å². The molecular formula is C22H18Br2N2O. The first-order chi connectivity index (χ1) is 13.1. The summed E-state index contributed by atoms with van der Waals surface area (Å²) < 4.78 is 1.96. The molecule has 1 amide bonds. The van der Waals surface area contributed by atoms with Gasteiger partial charge >= 0.3 is 0 Å². The molecule has 0 aliphatic rings. The number of hydrogen-bond acceptors (Lipinski definition) is 2. The van der Waals surface area contributed by atoms with E-state index in [0.29, 0.717) is 0 Å². The first-order valence-electron chi connectivity index (χ1n) is 8.44. The summed E-state index contributed by atoms with van der Waals surface area (Å²) in [6.07, 6.45) is 1.64. The zero-order valence-corrected chi connectivity index (χ0v) is 17.9. The molecule has 0 aliphatic heterocycles. The van der Waals surface area contributed by atoms with Crippen LogP contribution in [0.1, 0.15) is 28.2 Å².